The van der Waals surface area contributed by atoms with Gasteiger partial charge in [0.05, 0.1) is 35.9 Å². The van der Waals surface area contributed by atoms with Gasteiger partial charge < -0.3 is 15.5 Å². The van der Waals surface area contributed by atoms with Crippen LogP contribution < -0.4 is 10.5 Å². The number of rotatable bonds is 7. The van der Waals surface area contributed by atoms with Gasteiger partial charge in [0.1, 0.15) is 11.6 Å². The van der Waals surface area contributed by atoms with Crippen molar-refractivity contribution >= 4 is 11.0 Å². The molecule has 0 saturated heterocycles. The molecule has 3 aromatic rings. The van der Waals surface area contributed by atoms with E-state index in [0.29, 0.717) is 0 Å². The van der Waals surface area contributed by atoms with Crippen molar-refractivity contribution in [3.63, 3.8) is 0 Å². The molecular weight excluding hydrogens is 350 g/mol. The van der Waals surface area contributed by atoms with Crippen LogP contribution in [-0.2, 0) is 6.54 Å². The van der Waals surface area contributed by atoms with Gasteiger partial charge in [0.25, 0.3) is 0 Å². The minimum Gasteiger partial charge on any atom is -0.492 e. The number of aromatic nitrogens is 3. The van der Waals surface area contributed by atoms with Gasteiger partial charge in [-0.3, -0.25) is 9.88 Å². The highest BCUT2D eigenvalue weighted by molar-refractivity contribution is 5.74. The van der Waals surface area contributed by atoms with E-state index >= 15 is 0 Å². The molecule has 0 spiro atoms. The average molecular weight is 384 g/mol. The number of nitrogens with zero attached hydrogens (tertiary/aromatic N) is 3. The van der Waals surface area contributed by atoms with Gasteiger partial charge in [-0.25, -0.2) is 4.98 Å². The molecular formula is C22H33N5O. The number of pyridine rings is 1. The van der Waals surface area contributed by atoms with E-state index in [9.17, 15) is 0 Å². The maximum Gasteiger partial charge on any atom is 0.142 e. The van der Waals surface area contributed by atoms with Gasteiger partial charge in [0.2, 0.25) is 0 Å². The highest BCUT2D eigenvalue weighted by atomic mass is 16.5. The van der Waals surface area contributed by atoms with Crippen molar-refractivity contribution in [2.45, 2.75) is 46.7 Å². The predicted molar refractivity (Wildman–Crippen MR) is 115 cm³/mol. The minimum absolute atomic E-state index is 0. The van der Waals surface area contributed by atoms with Crippen molar-refractivity contribution in [3.05, 3.63) is 54.1 Å². The number of aromatic amines is 1. The van der Waals surface area contributed by atoms with Crippen LogP contribution in [0.25, 0.3) is 11.0 Å². The summed E-state index contributed by atoms with van der Waals surface area (Å²) in [5, 5.41) is 0. The van der Waals surface area contributed by atoms with E-state index in [1.54, 1.807) is 0 Å². The normalized spacial score (nSPS) is 15.4. The Kier molecular flexibility index (Phi) is 7.96. The van der Waals surface area contributed by atoms with Gasteiger partial charge >= 0.3 is 0 Å². The van der Waals surface area contributed by atoms with Crippen LogP contribution in [0.15, 0.2) is 42.6 Å². The van der Waals surface area contributed by atoms with Crippen molar-refractivity contribution in [2.75, 3.05) is 19.7 Å². The first-order valence-corrected chi connectivity index (χ1v) is 9.30. The number of H-pyrrole nitrogens is 1. The fourth-order valence-electron chi connectivity index (χ4n) is 3.63. The van der Waals surface area contributed by atoms with Gasteiger partial charge in [0.15, 0.2) is 0 Å². The molecule has 0 bridgehead atoms. The SMILES string of the molecule is C.C.NCCCCN(Cc1nc2ccccc2[nH]1)C1CCOc2cccnc21. The first-order valence-electron chi connectivity index (χ1n) is 9.30. The van der Waals surface area contributed by atoms with Crippen molar-refractivity contribution < 1.29 is 4.74 Å². The molecule has 1 aromatic carbocycles. The Bertz CT molecular complexity index is 830. The summed E-state index contributed by atoms with van der Waals surface area (Å²) in [4.78, 5) is 15.3. The molecule has 0 fully saturated rings. The number of nitrogens with two attached hydrogens (primary N) is 1. The molecule has 0 amide bonds. The molecule has 0 aliphatic carbocycles. The molecule has 1 aliphatic rings. The third kappa shape index (κ3) is 4.69. The van der Waals surface area contributed by atoms with E-state index < -0.39 is 0 Å². The first kappa shape index (κ1) is 21.9. The third-order valence-corrected chi connectivity index (χ3v) is 4.90. The summed E-state index contributed by atoms with van der Waals surface area (Å²) in [7, 11) is 0. The largest absolute Gasteiger partial charge is 0.492 e. The summed E-state index contributed by atoms with van der Waals surface area (Å²) in [6.07, 6.45) is 4.87. The van der Waals surface area contributed by atoms with E-state index in [4.69, 9.17) is 15.5 Å². The first-order chi connectivity index (χ1) is 12.8. The van der Waals surface area contributed by atoms with E-state index in [1.807, 2.05) is 36.5 Å². The van der Waals surface area contributed by atoms with Gasteiger partial charge in [-0.15, -0.1) is 0 Å². The van der Waals surface area contributed by atoms with Crippen LogP contribution in [0.4, 0.5) is 0 Å². The number of fused-ring (bicyclic) bond motifs is 2. The smallest absolute Gasteiger partial charge is 0.142 e. The molecule has 4 rings (SSSR count). The second-order valence-electron chi connectivity index (χ2n) is 6.71. The summed E-state index contributed by atoms with van der Waals surface area (Å²) in [6, 6.07) is 12.3. The lowest BCUT2D eigenvalue weighted by atomic mass is 10.0. The van der Waals surface area contributed by atoms with Crippen LogP contribution in [-0.4, -0.2) is 39.5 Å². The molecule has 28 heavy (non-hydrogen) atoms. The van der Waals surface area contributed by atoms with E-state index in [0.717, 1.165) is 73.8 Å². The summed E-state index contributed by atoms with van der Waals surface area (Å²) in [6.45, 7) is 3.17. The predicted octanol–water partition coefficient (Wildman–Crippen LogP) is 4.29. The van der Waals surface area contributed by atoms with Crippen LogP contribution in [0.5, 0.6) is 5.75 Å². The molecule has 3 N–H and O–H groups in total. The van der Waals surface area contributed by atoms with E-state index in [1.165, 1.54) is 0 Å². The number of imidazole rings is 1. The zero-order chi connectivity index (χ0) is 17.8. The van der Waals surface area contributed by atoms with E-state index in [-0.39, 0.29) is 20.9 Å². The summed E-state index contributed by atoms with van der Waals surface area (Å²) in [5.41, 5.74) is 8.82. The Morgan fingerprint density at radius 3 is 2.82 bits per heavy atom. The molecule has 6 heteroatoms. The van der Waals surface area contributed by atoms with Crippen LogP contribution in [0, 0.1) is 0 Å². The lowest BCUT2D eigenvalue weighted by Gasteiger charge is -2.34. The van der Waals surface area contributed by atoms with Crippen LogP contribution in [0.3, 0.4) is 0 Å². The topological polar surface area (TPSA) is 80.1 Å². The molecule has 1 unspecified atom stereocenters. The summed E-state index contributed by atoms with van der Waals surface area (Å²) in [5.74, 6) is 1.89. The summed E-state index contributed by atoms with van der Waals surface area (Å²) < 4.78 is 5.80. The lowest BCUT2D eigenvalue weighted by Crippen LogP contribution is -2.34. The number of ether oxygens (including phenoxy) is 1. The molecule has 1 atom stereocenters. The number of hydrogen-bond acceptors (Lipinski definition) is 5. The number of hydrogen-bond donors (Lipinski definition) is 2. The fraction of sp³-hybridized carbons (Fsp3) is 0.455. The molecule has 152 valence electrons. The second kappa shape index (κ2) is 10.2. The number of nitrogens with one attached hydrogen (secondary N) is 1. The monoisotopic (exact) mass is 383 g/mol. The highest BCUT2D eigenvalue weighted by Crippen LogP contribution is 2.35. The summed E-state index contributed by atoms with van der Waals surface area (Å²) >= 11 is 0. The maximum atomic E-state index is 5.80. The van der Waals surface area contributed by atoms with Crippen molar-refractivity contribution in [2.24, 2.45) is 5.73 Å². The van der Waals surface area contributed by atoms with Crippen LogP contribution >= 0.6 is 0 Å². The van der Waals surface area contributed by atoms with Crippen molar-refractivity contribution in [1.29, 1.82) is 0 Å². The second-order valence-corrected chi connectivity index (χ2v) is 6.71. The standard InChI is InChI=1S/C20H25N5O.2CH4/c21-10-3-4-12-25(14-19-23-15-6-1-2-7-16(15)24-19)17-9-13-26-18-8-5-11-22-20(17)18;;/h1-2,5-8,11,17H,3-4,9-10,12-14,21H2,(H,23,24);2*1H4. The van der Waals surface area contributed by atoms with Crippen LogP contribution in [0.2, 0.25) is 0 Å². The fourth-order valence-corrected chi connectivity index (χ4v) is 3.63. The third-order valence-electron chi connectivity index (χ3n) is 4.90. The van der Waals surface area contributed by atoms with Gasteiger partial charge in [-0.1, -0.05) is 27.0 Å². The Morgan fingerprint density at radius 2 is 2.00 bits per heavy atom. The zero-order valence-corrected chi connectivity index (χ0v) is 14.9. The van der Waals surface area contributed by atoms with Crippen molar-refractivity contribution in [1.82, 2.24) is 19.9 Å². The molecule has 0 saturated carbocycles. The molecule has 3 heterocycles. The Balaban J connectivity index is 0.00000140. The van der Waals surface area contributed by atoms with Gasteiger partial charge in [-0.2, -0.15) is 0 Å². The molecule has 6 nitrogen and oxygen atoms in total. The minimum atomic E-state index is 0. The highest BCUT2D eigenvalue weighted by Gasteiger charge is 2.28. The molecule has 0 radical (unpaired) electrons. The average Bonchev–Trinajstić information content (AvgIpc) is 3.09. The quantitative estimate of drug-likeness (QED) is 0.595. The Labute approximate surface area is 168 Å². The van der Waals surface area contributed by atoms with E-state index in [2.05, 4.69) is 20.9 Å². The maximum absolute atomic E-state index is 5.80. The molecule has 1 aliphatic heterocycles. The van der Waals surface area contributed by atoms with Gasteiger partial charge in [-0.05, 0) is 50.2 Å². The zero-order valence-electron chi connectivity index (χ0n) is 14.9. The Hall–Kier alpha value is -2.44. The number of unbranched alkanes of at least 4 members (excludes halogenated alkanes) is 1. The Morgan fingerprint density at radius 1 is 1.14 bits per heavy atom. The van der Waals surface area contributed by atoms with Gasteiger partial charge in [0, 0.05) is 12.6 Å². The molecule has 2 aromatic heterocycles. The number of benzene rings is 1. The van der Waals surface area contributed by atoms with Crippen LogP contribution in [0.1, 0.15) is 51.7 Å². The lowest BCUT2D eigenvalue weighted by molar-refractivity contribution is 0.124. The van der Waals surface area contributed by atoms with Crippen molar-refractivity contribution in [3.8, 4) is 5.75 Å². The number of para-hydroxylation sites is 2.